The van der Waals surface area contributed by atoms with E-state index in [1.54, 1.807) is 24.4 Å². The summed E-state index contributed by atoms with van der Waals surface area (Å²) in [6.45, 7) is 2.46. The monoisotopic (exact) mass is 493 g/mol. The molecular formula is C24H27N7O5. The van der Waals surface area contributed by atoms with E-state index in [9.17, 15) is 14.9 Å². The molecule has 2 aromatic heterocycles. The molecule has 0 saturated heterocycles. The lowest BCUT2D eigenvalue weighted by atomic mass is 10.1. The van der Waals surface area contributed by atoms with Gasteiger partial charge >= 0.3 is 0 Å². The van der Waals surface area contributed by atoms with Crippen LogP contribution in [0.5, 0.6) is 17.2 Å². The first kappa shape index (κ1) is 26.0. The van der Waals surface area contributed by atoms with Crippen molar-refractivity contribution in [3.63, 3.8) is 0 Å². The highest BCUT2D eigenvalue weighted by Crippen LogP contribution is 2.39. The van der Waals surface area contributed by atoms with Crippen molar-refractivity contribution in [2.75, 3.05) is 27.9 Å². The normalized spacial score (nSPS) is 11.2. The van der Waals surface area contributed by atoms with Crippen LogP contribution in [0, 0.1) is 11.3 Å². The van der Waals surface area contributed by atoms with E-state index in [1.807, 2.05) is 19.1 Å². The maximum atomic E-state index is 12.7. The third-order valence-electron chi connectivity index (χ3n) is 5.30. The Hall–Kier alpha value is -4.66. The summed E-state index contributed by atoms with van der Waals surface area (Å²) in [6, 6.07) is 7.86. The molecule has 2 N–H and O–H groups in total. The maximum Gasteiger partial charge on any atom is 0.274 e. The van der Waals surface area contributed by atoms with Crippen LogP contribution in [0.2, 0.25) is 0 Å². The fraction of sp³-hybridized carbons (Fsp3) is 0.333. The molecule has 0 aliphatic carbocycles. The minimum Gasteiger partial charge on any atom is -0.493 e. The molecule has 0 spiro atoms. The van der Waals surface area contributed by atoms with E-state index in [0.29, 0.717) is 17.2 Å². The summed E-state index contributed by atoms with van der Waals surface area (Å²) < 4.78 is 17.3. The van der Waals surface area contributed by atoms with Crippen LogP contribution < -0.4 is 24.8 Å². The zero-order chi connectivity index (χ0) is 26.1. The molecule has 1 aromatic carbocycles. The number of pyridine rings is 1. The maximum absolute atomic E-state index is 12.7. The molecule has 12 nitrogen and oxygen atoms in total. The topological polar surface area (TPSA) is 153 Å². The molecule has 1 atom stereocenters. The summed E-state index contributed by atoms with van der Waals surface area (Å²) in [5.41, 5.74) is 1.77. The van der Waals surface area contributed by atoms with Gasteiger partial charge in [0, 0.05) is 12.7 Å². The van der Waals surface area contributed by atoms with Gasteiger partial charge in [0.1, 0.15) is 0 Å². The van der Waals surface area contributed by atoms with Crippen LogP contribution in [0.25, 0.3) is 0 Å². The molecule has 2 heterocycles. The van der Waals surface area contributed by atoms with E-state index in [0.717, 1.165) is 12.0 Å². The van der Waals surface area contributed by atoms with Crippen LogP contribution in [0.3, 0.4) is 0 Å². The zero-order valence-corrected chi connectivity index (χ0v) is 20.4. The first-order valence-electron chi connectivity index (χ1n) is 11.1. The first-order valence-corrected chi connectivity index (χ1v) is 11.1. The van der Waals surface area contributed by atoms with Gasteiger partial charge in [0.25, 0.3) is 11.8 Å². The van der Waals surface area contributed by atoms with Gasteiger partial charge in [0.05, 0.1) is 51.4 Å². The highest BCUT2D eigenvalue weighted by Gasteiger charge is 2.21. The Labute approximate surface area is 208 Å². The molecule has 12 heteroatoms. The molecule has 0 radical (unpaired) electrons. The molecule has 1 unspecified atom stereocenters. The minimum atomic E-state index is -0.927. The van der Waals surface area contributed by atoms with E-state index in [2.05, 4.69) is 25.9 Å². The average Bonchev–Trinajstić information content (AvgIpc) is 3.39. The Morgan fingerprint density at radius 3 is 2.47 bits per heavy atom. The number of hydrogen-bond donors (Lipinski definition) is 2. The third-order valence-corrected chi connectivity index (χ3v) is 5.30. The number of rotatable bonds is 11. The Morgan fingerprint density at radius 1 is 1.08 bits per heavy atom. The molecule has 0 fully saturated rings. The Kier molecular flexibility index (Phi) is 8.77. The van der Waals surface area contributed by atoms with Gasteiger partial charge < -0.3 is 24.8 Å². The van der Waals surface area contributed by atoms with Crippen molar-refractivity contribution in [1.82, 2.24) is 30.6 Å². The second-order valence-corrected chi connectivity index (χ2v) is 7.49. The number of ether oxygens (including phenoxy) is 3. The predicted octanol–water partition coefficient (Wildman–Crippen LogP) is 1.69. The SMILES string of the molecule is CCc1ccc(C(C#N)NC(=O)c2cn(CCNC(=O)c3ccc(OC)c(OC)c3OC)nn2)nc1. The lowest BCUT2D eigenvalue weighted by Gasteiger charge is -2.15. The number of methoxy groups -OCH3 is 3. The summed E-state index contributed by atoms with van der Waals surface area (Å²) in [6.07, 6.45) is 3.93. The Balaban J connectivity index is 1.58. The van der Waals surface area contributed by atoms with Gasteiger partial charge in [-0.1, -0.05) is 18.2 Å². The van der Waals surface area contributed by atoms with Crippen molar-refractivity contribution in [1.29, 1.82) is 5.26 Å². The number of nitrogens with one attached hydrogen (secondary N) is 2. The predicted molar refractivity (Wildman–Crippen MR) is 128 cm³/mol. The number of amides is 2. The van der Waals surface area contributed by atoms with E-state index >= 15 is 0 Å². The molecule has 3 aromatic rings. The third kappa shape index (κ3) is 5.87. The number of carbonyl (C=O) groups excluding carboxylic acids is 2. The summed E-state index contributed by atoms with van der Waals surface area (Å²) in [5.74, 6) is 0.0519. The summed E-state index contributed by atoms with van der Waals surface area (Å²) in [4.78, 5) is 29.5. The number of carbonyl (C=O) groups is 2. The van der Waals surface area contributed by atoms with Crippen molar-refractivity contribution in [2.45, 2.75) is 25.9 Å². The molecule has 3 rings (SSSR count). The highest BCUT2D eigenvalue weighted by atomic mass is 16.5. The highest BCUT2D eigenvalue weighted by molar-refractivity contribution is 5.98. The van der Waals surface area contributed by atoms with Crippen LogP contribution in [-0.2, 0) is 13.0 Å². The molecule has 188 valence electrons. The van der Waals surface area contributed by atoms with Crippen molar-refractivity contribution in [3.8, 4) is 23.3 Å². The van der Waals surface area contributed by atoms with Crippen molar-refractivity contribution in [3.05, 3.63) is 59.2 Å². The lowest BCUT2D eigenvalue weighted by molar-refractivity contribution is 0.0933. The molecule has 36 heavy (non-hydrogen) atoms. The number of nitriles is 1. The van der Waals surface area contributed by atoms with Gasteiger partial charge in [-0.15, -0.1) is 5.10 Å². The van der Waals surface area contributed by atoms with Crippen molar-refractivity contribution < 1.29 is 23.8 Å². The van der Waals surface area contributed by atoms with Gasteiger partial charge in [0.2, 0.25) is 5.75 Å². The van der Waals surface area contributed by atoms with E-state index in [1.165, 1.54) is 32.2 Å². The van der Waals surface area contributed by atoms with Crippen molar-refractivity contribution in [2.24, 2.45) is 0 Å². The second kappa shape index (κ2) is 12.2. The van der Waals surface area contributed by atoms with Crippen LogP contribution in [0.15, 0.2) is 36.7 Å². The molecule has 0 bridgehead atoms. The van der Waals surface area contributed by atoms with Gasteiger partial charge in [0.15, 0.2) is 23.2 Å². The standard InChI is InChI=1S/C24H27N7O5/c1-5-15-6-8-17(27-13-15)18(12-25)28-24(33)19-14-31(30-29-19)11-10-26-23(32)16-7-9-20(34-2)22(36-4)21(16)35-3/h6-9,13-14,18H,5,10-11H2,1-4H3,(H,26,32)(H,28,33). The molecule has 0 saturated carbocycles. The van der Waals surface area contributed by atoms with Crippen LogP contribution in [-0.4, -0.2) is 59.7 Å². The minimum absolute atomic E-state index is 0.0355. The fourth-order valence-corrected chi connectivity index (χ4v) is 3.36. The zero-order valence-electron chi connectivity index (χ0n) is 20.4. The Bertz CT molecular complexity index is 1250. The summed E-state index contributed by atoms with van der Waals surface area (Å²) >= 11 is 0. The van der Waals surface area contributed by atoms with Crippen molar-refractivity contribution >= 4 is 11.8 Å². The number of benzene rings is 1. The van der Waals surface area contributed by atoms with E-state index in [-0.39, 0.29) is 36.0 Å². The molecular weight excluding hydrogens is 466 g/mol. The number of nitrogens with zero attached hydrogens (tertiary/aromatic N) is 5. The van der Waals surface area contributed by atoms with Crippen LogP contribution >= 0.6 is 0 Å². The Morgan fingerprint density at radius 2 is 1.86 bits per heavy atom. The largest absolute Gasteiger partial charge is 0.493 e. The first-order chi connectivity index (χ1) is 17.4. The number of aryl methyl sites for hydroxylation is 1. The summed E-state index contributed by atoms with van der Waals surface area (Å²) in [7, 11) is 4.38. The molecule has 2 amide bonds. The summed E-state index contributed by atoms with van der Waals surface area (Å²) in [5, 5.41) is 22.6. The lowest BCUT2D eigenvalue weighted by Crippen LogP contribution is -2.28. The molecule has 0 aliphatic heterocycles. The number of aromatic nitrogens is 4. The van der Waals surface area contributed by atoms with Crippen LogP contribution in [0.4, 0.5) is 0 Å². The average molecular weight is 494 g/mol. The second-order valence-electron chi connectivity index (χ2n) is 7.49. The molecule has 0 aliphatic rings. The smallest absolute Gasteiger partial charge is 0.274 e. The van der Waals surface area contributed by atoms with Gasteiger partial charge in [-0.2, -0.15) is 5.26 Å². The fourth-order valence-electron chi connectivity index (χ4n) is 3.36. The van der Waals surface area contributed by atoms with Crippen LogP contribution in [0.1, 0.15) is 45.1 Å². The van der Waals surface area contributed by atoms with E-state index < -0.39 is 11.9 Å². The quantitative estimate of drug-likeness (QED) is 0.406. The van der Waals surface area contributed by atoms with Gasteiger partial charge in [-0.05, 0) is 30.2 Å². The van der Waals surface area contributed by atoms with Gasteiger partial charge in [-0.25, -0.2) is 4.68 Å². The van der Waals surface area contributed by atoms with Gasteiger partial charge in [-0.3, -0.25) is 14.6 Å². The number of hydrogen-bond acceptors (Lipinski definition) is 9. The van der Waals surface area contributed by atoms with E-state index in [4.69, 9.17) is 14.2 Å².